The SMILES string of the molecule is CNC(=S)Nc1cccc([N+](=O)[O-])c1N. The van der Waals surface area contributed by atoms with Crippen LogP contribution in [0.1, 0.15) is 0 Å². The molecule has 0 unspecified atom stereocenters. The lowest BCUT2D eigenvalue weighted by atomic mass is 10.2. The van der Waals surface area contributed by atoms with E-state index in [1.165, 1.54) is 12.1 Å². The van der Waals surface area contributed by atoms with E-state index in [9.17, 15) is 10.1 Å². The van der Waals surface area contributed by atoms with Crippen LogP contribution in [-0.2, 0) is 0 Å². The molecule has 15 heavy (non-hydrogen) atoms. The molecule has 1 rings (SSSR count). The highest BCUT2D eigenvalue weighted by molar-refractivity contribution is 7.80. The van der Waals surface area contributed by atoms with Gasteiger partial charge in [0.2, 0.25) is 0 Å². The Labute approximate surface area is 91.6 Å². The molecule has 0 fully saturated rings. The molecular formula is C8H10N4O2S. The third kappa shape index (κ3) is 2.53. The molecule has 4 N–H and O–H groups in total. The fourth-order valence-corrected chi connectivity index (χ4v) is 1.12. The molecule has 0 aliphatic rings. The number of nitrogens with zero attached hydrogens (tertiary/aromatic N) is 1. The van der Waals surface area contributed by atoms with Gasteiger partial charge in [-0.25, -0.2) is 0 Å². The molecule has 0 aromatic heterocycles. The summed E-state index contributed by atoms with van der Waals surface area (Å²) in [5, 5.41) is 16.4. The monoisotopic (exact) mass is 226 g/mol. The van der Waals surface area contributed by atoms with E-state index < -0.39 is 4.92 Å². The molecule has 0 aliphatic carbocycles. The van der Waals surface area contributed by atoms with Crippen LogP contribution in [0, 0.1) is 10.1 Å². The highest BCUT2D eigenvalue weighted by atomic mass is 32.1. The molecule has 0 bridgehead atoms. The molecule has 0 heterocycles. The maximum absolute atomic E-state index is 10.6. The molecule has 0 saturated carbocycles. The fourth-order valence-electron chi connectivity index (χ4n) is 1.01. The summed E-state index contributed by atoms with van der Waals surface area (Å²) in [6.07, 6.45) is 0. The Morgan fingerprint density at radius 1 is 1.60 bits per heavy atom. The second-order valence-corrected chi connectivity index (χ2v) is 3.11. The van der Waals surface area contributed by atoms with Crippen LogP contribution in [0.2, 0.25) is 0 Å². The molecule has 0 radical (unpaired) electrons. The van der Waals surface area contributed by atoms with E-state index >= 15 is 0 Å². The molecule has 6 nitrogen and oxygen atoms in total. The normalized spacial score (nSPS) is 9.40. The first-order valence-corrected chi connectivity index (χ1v) is 4.48. The van der Waals surface area contributed by atoms with Crippen LogP contribution in [0.3, 0.4) is 0 Å². The van der Waals surface area contributed by atoms with Crippen LogP contribution in [0.25, 0.3) is 0 Å². The van der Waals surface area contributed by atoms with Gasteiger partial charge in [0.05, 0.1) is 10.6 Å². The number of benzene rings is 1. The second kappa shape index (κ2) is 4.56. The molecule has 0 atom stereocenters. The summed E-state index contributed by atoms with van der Waals surface area (Å²) in [5.41, 5.74) is 5.95. The fraction of sp³-hybridized carbons (Fsp3) is 0.125. The van der Waals surface area contributed by atoms with Gasteiger partial charge in [-0.15, -0.1) is 0 Å². The smallest absolute Gasteiger partial charge is 0.294 e. The van der Waals surface area contributed by atoms with Crippen molar-refractivity contribution in [2.75, 3.05) is 18.1 Å². The van der Waals surface area contributed by atoms with E-state index in [-0.39, 0.29) is 11.4 Å². The van der Waals surface area contributed by atoms with Crippen molar-refractivity contribution in [3.8, 4) is 0 Å². The first kappa shape index (κ1) is 11.2. The van der Waals surface area contributed by atoms with Crippen molar-refractivity contribution in [3.05, 3.63) is 28.3 Å². The van der Waals surface area contributed by atoms with Crippen molar-refractivity contribution in [2.24, 2.45) is 0 Å². The van der Waals surface area contributed by atoms with E-state index in [0.717, 1.165) is 0 Å². The predicted molar refractivity (Wildman–Crippen MR) is 62.8 cm³/mol. The minimum absolute atomic E-state index is 0.0695. The maximum atomic E-state index is 10.6. The average Bonchev–Trinajstić information content (AvgIpc) is 2.20. The number of para-hydroxylation sites is 1. The standard InChI is InChI=1S/C8H10N4O2S/c1-10-8(15)11-5-3-2-4-6(7(5)9)12(13)14/h2-4H,9H2,1H3,(H2,10,11,15). The van der Waals surface area contributed by atoms with Crippen LogP contribution >= 0.6 is 12.2 Å². The predicted octanol–water partition coefficient (Wildman–Crippen LogP) is 1.09. The first-order valence-electron chi connectivity index (χ1n) is 4.08. The lowest BCUT2D eigenvalue weighted by Crippen LogP contribution is -2.24. The minimum Gasteiger partial charge on any atom is -0.391 e. The first-order chi connectivity index (χ1) is 7.06. The van der Waals surface area contributed by atoms with E-state index in [4.69, 9.17) is 18.0 Å². The Balaban J connectivity index is 3.04. The minimum atomic E-state index is -0.539. The molecule has 7 heteroatoms. The third-order valence-electron chi connectivity index (χ3n) is 1.76. The number of nitrogen functional groups attached to an aromatic ring is 1. The maximum Gasteiger partial charge on any atom is 0.294 e. The molecule has 1 aromatic rings. The highest BCUT2D eigenvalue weighted by Crippen LogP contribution is 2.28. The van der Waals surface area contributed by atoms with Gasteiger partial charge in [0, 0.05) is 13.1 Å². The van der Waals surface area contributed by atoms with Crippen molar-refractivity contribution in [2.45, 2.75) is 0 Å². The van der Waals surface area contributed by atoms with E-state index in [1.54, 1.807) is 13.1 Å². The topological polar surface area (TPSA) is 93.2 Å². The van der Waals surface area contributed by atoms with Crippen molar-refractivity contribution in [1.29, 1.82) is 0 Å². The molecule has 0 amide bonds. The Morgan fingerprint density at radius 2 is 2.27 bits per heavy atom. The number of nitrogens with two attached hydrogens (primary N) is 1. The van der Waals surface area contributed by atoms with Crippen molar-refractivity contribution in [1.82, 2.24) is 5.32 Å². The Bertz CT molecular complexity index is 408. The lowest BCUT2D eigenvalue weighted by molar-refractivity contribution is -0.383. The number of rotatable bonds is 2. The van der Waals surface area contributed by atoms with Gasteiger partial charge in [0.25, 0.3) is 5.69 Å². The van der Waals surface area contributed by atoms with Gasteiger partial charge in [-0.1, -0.05) is 6.07 Å². The summed E-state index contributed by atoms with van der Waals surface area (Å²) in [7, 11) is 1.64. The molecule has 0 spiro atoms. The molecule has 0 saturated heterocycles. The van der Waals surface area contributed by atoms with Crippen LogP contribution in [0.15, 0.2) is 18.2 Å². The molecule has 1 aromatic carbocycles. The van der Waals surface area contributed by atoms with Crippen LogP contribution in [-0.4, -0.2) is 17.1 Å². The highest BCUT2D eigenvalue weighted by Gasteiger charge is 2.14. The second-order valence-electron chi connectivity index (χ2n) is 2.70. The zero-order valence-corrected chi connectivity index (χ0v) is 8.80. The number of nitro groups is 1. The summed E-state index contributed by atoms with van der Waals surface area (Å²) in [6.45, 7) is 0. The number of hydrogen-bond acceptors (Lipinski definition) is 4. The number of nitrogens with one attached hydrogen (secondary N) is 2. The molecular weight excluding hydrogens is 216 g/mol. The van der Waals surface area contributed by atoms with E-state index in [0.29, 0.717) is 10.8 Å². The Hall–Kier alpha value is -1.89. The number of anilines is 2. The van der Waals surface area contributed by atoms with Crippen LogP contribution < -0.4 is 16.4 Å². The van der Waals surface area contributed by atoms with E-state index in [1.807, 2.05) is 0 Å². The van der Waals surface area contributed by atoms with Crippen LogP contribution in [0.4, 0.5) is 17.1 Å². The Kier molecular flexibility index (Phi) is 3.40. The summed E-state index contributed by atoms with van der Waals surface area (Å²) in [6, 6.07) is 4.49. The summed E-state index contributed by atoms with van der Waals surface area (Å²) >= 11 is 4.86. The van der Waals surface area contributed by atoms with Gasteiger partial charge in [0.1, 0.15) is 5.69 Å². The van der Waals surface area contributed by atoms with Gasteiger partial charge < -0.3 is 16.4 Å². The third-order valence-corrected chi connectivity index (χ3v) is 2.06. The summed E-state index contributed by atoms with van der Waals surface area (Å²) in [5.74, 6) is 0. The van der Waals surface area contributed by atoms with Crippen molar-refractivity contribution >= 4 is 34.4 Å². The lowest BCUT2D eigenvalue weighted by Gasteiger charge is -2.09. The zero-order chi connectivity index (χ0) is 11.4. The largest absolute Gasteiger partial charge is 0.391 e. The number of nitro benzene ring substituents is 1. The van der Waals surface area contributed by atoms with Crippen LogP contribution in [0.5, 0.6) is 0 Å². The molecule has 80 valence electrons. The quantitative estimate of drug-likeness (QED) is 0.302. The van der Waals surface area contributed by atoms with E-state index in [2.05, 4.69) is 10.6 Å². The Morgan fingerprint density at radius 3 is 2.80 bits per heavy atom. The van der Waals surface area contributed by atoms with Gasteiger partial charge >= 0.3 is 0 Å². The molecule has 0 aliphatic heterocycles. The van der Waals surface area contributed by atoms with Crippen molar-refractivity contribution < 1.29 is 4.92 Å². The van der Waals surface area contributed by atoms with Gasteiger partial charge in [-0.3, -0.25) is 10.1 Å². The summed E-state index contributed by atoms with van der Waals surface area (Å²) < 4.78 is 0. The van der Waals surface area contributed by atoms with Gasteiger partial charge in [0.15, 0.2) is 5.11 Å². The average molecular weight is 226 g/mol. The number of hydrogen-bond donors (Lipinski definition) is 3. The zero-order valence-electron chi connectivity index (χ0n) is 7.98. The van der Waals surface area contributed by atoms with Gasteiger partial charge in [-0.2, -0.15) is 0 Å². The summed E-state index contributed by atoms with van der Waals surface area (Å²) in [4.78, 5) is 10.0. The van der Waals surface area contributed by atoms with Crippen molar-refractivity contribution in [3.63, 3.8) is 0 Å². The number of thiocarbonyl (C=S) groups is 1. The van der Waals surface area contributed by atoms with Gasteiger partial charge in [-0.05, 0) is 18.3 Å².